The highest BCUT2D eigenvalue weighted by Crippen LogP contribution is 2.28. The molecule has 0 N–H and O–H groups in total. The first-order valence-corrected chi connectivity index (χ1v) is 9.97. The maximum Gasteiger partial charge on any atom is 0.256 e. The number of benzene rings is 1. The second-order valence-corrected chi connectivity index (χ2v) is 8.82. The lowest BCUT2D eigenvalue weighted by Crippen LogP contribution is -2.22. The number of hydrogen-bond donors (Lipinski definition) is 0. The van der Waals surface area contributed by atoms with E-state index in [1.807, 2.05) is 0 Å². The van der Waals surface area contributed by atoms with Crippen LogP contribution in [-0.4, -0.2) is 50.3 Å². The van der Waals surface area contributed by atoms with Crippen LogP contribution < -0.4 is 0 Å². The van der Waals surface area contributed by atoms with Gasteiger partial charge in [-0.3, -0.25) is 0 Å². The van der Waals surface area contributed by atoms with Crippen molar-refractivity contribution >= 4 is 32.9 Å². The fourth-order valence-electron chi connectivity index (χ4n) is 2.42. The summed E-state index contributed by atoms with van der Waals surface area (Å²) in [6.45, 7) is 0.824. The Kier molecular flexibility index (Phi) is 4.96. The Hall–Kier alpha value is -1.09. The average molecular weight is 356 g/mol. The fourth-order valence-corrected chi connectivity index (χ4v) is 4.25. The number of thioether (sulfide) groups is 1. The molecule has 2 aromatic rings. The second kappa shape index (κ2) is 6.80. The first kappa shape index (κ1) is 16.8. The van der Waals surface area contributed by atoms with E-state index in [9.17, 15) is 8.42 Å². The first-order valence-electron chi connectivity index (χ1n) is 7.54. The number of fused-ring (bicyclic) bond motifs is 1. The minimum Gasteiger partial charge on any atom is -0.431 e. The van der Waals surface area contributed by atoms with Gasteiger partial charge in [0.2, 0.25) is 10.0 Å². The van der Waals surface area contributed by atoms with E-state index in [1.165, 1.54) is 36.6 Å². The molecule has 8 heteroatoms. The van der Waals surface area contributed by atoms with Gasteiger partial charge in [0, 0.05) is 26.5 Å². The first-order chi connectivity index (χ1) is 11.0. The molecule has 0 aliphatic carbocycles. The minimum atomic E-state index is -3.46. The fraction of sp³-hybridized carbons (Fsp3) is 0.533. The van der Waals surface area contributed by atoms with Gasteiger partial charge in [0.05, 0.1) is 11.0 Å². The molecule has 23 heavy (non-hydrogen) atoms. The second-order valence-electron chi connectivity index (χ2n) is 5.70. The third-order valence-electron chi connectivity index (χ3n) is 3.78. The van der Waals surface area contributed by atoms with Gasteiger partial charge in [-0.2, -0.15) is 0 Å². The van der Waals surface area contributed by atoms with Gasteiger partial charge in [-0.1, -0.05) is 11.8 Å². The Bertz CT molecular complexity index is 780. The maximum atomic E-state index is 12.2. The van der Waals surface area contributed by atoms with Gasteiger partial charge in [-0.15, -0.1) is 0 Å². The summed E-state index contributed by atoms with van der Waals surface area (Å²) < 4.78 is 36.9. The monoisotopic (exact) mass is 356 g/mol. The molecular formula is C15H20N2O4S2. The van der Waals surface area contributed by atoms with Crippen LogP contribution in [0.25, 0.3) is 11.1 Å². The van der Waals surface area contributed by atoms with Gasteiger partial charge in [0.25, 0.3) is 5.22 Å². The zero-order valence-electron chi connectivity index (χ0n) is 13.2. The van der Waals surface area contributed by atoms with E-state index in [0.29, 0.717) is 16.3 Å². The Morgan fingerprint density at radius 2 is 2.17 bits per heavy atom. The van der Waals surface area contributed by atoms with E-state index in [4.69, 9.17) is 9.15 Å². The molecule has 2 heterocycles. The molecule has 1 atom stereocenters. The number of oxazole rings is 1. The lowest BCUT2D eigenvalue weighted by Gasteiger charge is -2.21. The van der Waals surface area contributed by atoms with Crippen molar-refractivity contribution in [2.24, 2.45) is 0 Å². The Balaban J connectivity index is 1.76. The molecule has 0 unspecified atom stereocenters. The van der Waals surface area contributed by atoms with Crippen LogP contribution in [-0.2, 0) is 14.8 Å². The van der Waals surface area contributed by atoms with E-state index in [-0.39, 0.29) is 11.0 Å². The molecule has 0 bridgehead atoms. The molecule has 1 aliphatic heterocycles. The Morgan fingerprint density at radius 3 is 2.87 bits per heavy atom. The average Bonchev–Trinajstić information content (AvgIpc) is 2.95. The number of nitrogens with zero attached hydrogens (tertiary/aromatic N) is 2. The molecule has 3 rings (SSSR count). The quantitative estimate of drug-likeness (QED) is 0.767. The predicted octanol–water partition coefficient (Wildman–Crippen LogP) is 2.74. The zero-order valence-corrected chi connectivity index (χ0v) is 14.8. The summed E-state index contributed by atoms with van der Waals surface area (Å²) in [6, 6.07) is 4.75. The number of sulfonamides is 1. The molecular weight excluding hydrogens is 336 g/mol. The highest BCUT2D eigenvalue weighted by molar-refractivity contribution is 7.99. The van der Waals surface area contributed by atoms with Gasteiger partial charge in [-0.25, -0.2) is 17.7 Å². The van der Waals surface area contributed by atoms with Crippen molar-refractivity contribution in [2.75, 3.05) is 26.5 Å². The van der Waals surface area contributed by atoms with Crippen molar-refractivity contribution in [1.29, 1.82) is 0 Å². The van der Waals surface area contributed by atoms with Crippen molar-refractivity contribution in [2.45, 2.75) is 35.5 Å². The molecule has 0 saturated carbocycles. The minimum absolute atomic E-state index is 0.218. The van der Waals surface area contributed by atoms with Crippen LogP contribution in [0.3, 0.4) is 0 Å². The normalized spacial score (nSPS) is 19.5. The molecule has 6 nitrogen and oxygen atoms in total. The van der Waals surface area contributed by atoms with Crippen LogP contribution in [0.2, 0.25) is 0 Å². The van der Waals surface area contributed by atoms with Crippen molar-refractivity contribution in [3.05, 3.63) is 18.2 Å². The van der Waals surface area contributed by atoms with Gasteiger partial charge < -0.3 is 9.15 Å². The number of hydrogen-bond acceptors (Lipinski definition) is 6. The molecule has 1 saturated heterocycles. The van der Waals surface area contributed by atoms with Crippen LogP contribution in [0.1, 0.15) is 19.3 Å². The third kappa shape index (κ3) is 3.71. The lowest BCUT2D eigenvalue weighted by molar-refractivity contribution is 0.0314. The Labute approximate surface area is 140 Å². The standard InChI is InChI=1S/C15H20N2O4S2/c1-17(2)23(18,19)12-6-7-14-13(9-12)16-15(21-14)22-10-11-5-3-4-8-20-11/h6-7,9,11H,3-5,8,10H2,1-2H3/t11-/m1/s1. The van der Waals surface area contributed by atoms with Gasteiger partial charge in [0.1, 0.15) is 5.52 Å². The highest BCUT2D eigenvalue weighted by Gasteiger charge is 2.20. The smallest absolute Gasteiger partial charge is 0.256 e. The lowest BCUT2D eigenvalue weighted by atomic mass is 10.1. The summed E-state index contributed by atoms with van der Waals surface area (Å²) >= 11 is 1.51. The molecule has 1 aliphatic rings. The largest absolute Gasteiger partial charge is 0.431 e. The number of ether oxygens (including phenoxy) is 1. The van der Waals surface area contributed by atoms with Crippen molar-refractivity contribution < 1.29 is 17.6 Å². The molecule has 1 aromatic heterocycles. The summed E-state index contributed by atoms with van der Waals surface area (Å²) in [5.41, 5.74) is 1.15. The molecule has 126 valence electrons. The van der Waals surface area contributed by atoms with Crippen molar-refractivity contribution in [3.63, 3.8) is 0 Å². The zero-order chi connectivity index (χ0) is 16.4. The molecule has 0 radical (unpaired) electrons. The van der Waals surface area contributed by atoms with Gasteiger partial charge >= 0.3 is 0 Å². The molecule has 1 aromatic carbocycles. The van der Waals surface area contributed by atoms with Crippen LogP contribution >= 0.6 is 11.8 Å². The van der Waals surface area contributed by atoms with E-state index in [1.54, 1.807) is 18.2 Å². The third-order valence-corrected chi connectivity index (χ3v) is 6.56. The number of aromatic nitrogens is 1. The summed E-state index contributed by atoms with van der Waals surface area (Å²) in [5.74, 6) is 0.801. The summed E-state index contributed by atoms with van der Waals surface area (Å²) in [7, 11) is -0.448. The van der Waals surface area contributed by atoms with Crippen molar-refractivity contribution in [3.8, 4) is 0 Å². The van der Waals surface area contributed by atoms with Crippen LogP contribution in [0.5, 0.6) is 0 Å². The van der Waals surface area contributed by atoms with Gasteiger partial charge in [0.15, 0.2) is 5.58 Å². The van der Waals surface area contributed by atoms with Crippen LogP contribution in [0.15, 0.2) is 32.7 Å². The van der Waals surface area contributed by atoms with Crippen molar-refractivity contribution in [1.82, 2.24) is 9.29 Å². The van der Waals surface area contributed by atoms with E-state index in [2.05, 4.69) is 4.98 Å². The van der Waals surface area contributed by atoms with E-state index in [0.717, 1.165) is 25.2 Å². The predicted molar refractivity (Wildman–Crippen MR) is 89.2 cm³/mol. The van der Waals surface area contributed by atoms with Crippen LogP contribution in [0, 0.1) is 0 Å². The summed E-state index contributed by atoms with van der Waals surface area (Å²) in [4.78, 5) is 4.61. The topological polar surface area (TPSA) is 72.6 Å². The summed E-state index contributed by atoms with van der Waals surface area (Å²) in [5, 5.41) is 0.550. The summed E-state index contributed by atoms with van der Waals surface area (Å²) in [6.07, 6.45) is 3.64. The highest BCUT2D eigenvalue weighted by atomic mass is 32.2. The van der Waals surface area contributed by atoms with Crippen LogP contribution in [0.4, 0.5) is 0 Å². The molecule has 0 spiro atoms. The van der Waals surface area contributed by atoms with Gasteiger partial charge in [-0.05, 0) is 37.5 Å². The Morgan fingerprint density at radius 1 is 1.35 bits per heavy atom. The van der Waals surface area contributed by atoms with E-state index < -0.39 is 10.0 Å². The molecule has 0 amide bonds. The SMILES string of the molecule is CN(C)S(=O)(=O)c1ccc2oc(SC[C@H]3CCCCO3)nc2c1. The number of rotatable bonds is 5. The van der Waals surface area contributed by atoms with E-state index >= 15 is 0 Å². The maximum absolute atomic E-state index is 12.2. The molecule has 1 fully saturated rings.